The van der Waals surface area contributed by atoms with E-state index in [0.29, 0.717) is 5.75 Å². The maximum atomic E-state index is 12.1. The Bertz CT molecular complexity index is 848. The zero-order valence-electron chi connectivity index (χ0n) is 12.8. The maximum Gasteiger partial charge on any atom is 0.278 e. The highest BCUT2D eigenvalue weighted by atomic mass is 79.9. The molecule has 0 aliphatic heterocycles. The van der Waals surface area contributed by atoms with Crippen LogP contribution in [0.4, 0.5) is 5.95 Å². The predicted molar refractivity (Wildman–Crippen MR) is 91.7 cm³/mol. The molecule has 0 radical (unpaired) electrons. The van der Waals surface area contributed by atoms with Gasteiger partial charge >= 0.3 is 0 Å². The minimum Gasteiger partial charge on any atom is -0.471 e. The lowest BCUT2D eigenvalue weighted by molar-refractivity contribution is 0.101. The second-order valence-electron chi connectivity index (χ2n) is 4.94. The number of nitrogens with zero attached hydrogens (tertiary/aromatic N) is 4. The summed E-state index contributed by atoms with van der Waals surface area (Å²) >= 11 is 3.36. The van der Waals surface area contributed by atoms with Gasteiger partial charge in [0.15, 0.2) is 12.4 Å². The fourth-order valence-electron chi connectivity index (χ4n) is 1.90. The SMILES string of the molecule is Cc1ccnc(NC(=O)c2ccn(COc3ccc(Br)cc3)n2)n1. The fourth-order valence-corrected chi connectivity index (χ4v) is 2.17. The molecule has 2 heterocycles. The zero-order chi connectivity index (χ0) is 16.9. The van der Waals surface area contributed by atoms with Crippen molar-refractivity contribution in [1.29, 1.82) is 0 Å². The number of aromatic nitrogens is 4. The Morgan fingerprint density at radius 3 is 2.79 bits per heavy atom. The molecule has 3 aromatic rings. The van der Waals surface area contributed by atoms with E-state index in [1.165, 1.54) is 4.68 Å². The normalized spacial score (nSPS) is 10.4. The molecule has 8 heteroatoms. The van der Waals surface area contributed by atoms with E-state index >= 15 is 0 Å². The number of amides is 1. The number of anilines is 1. The Hall–Kier alpha value is -2.74. The molecule has 0 spiro atoms. The molecular formula is C16H14BrN5O2. The van der Waals surface area contributed by atoms with Gasteiger partial charge in [0.1, 0.15) is 5.75 Å². The predicted octanol–water partition coefficient (Wildman–Crippen LogP) is 3.03. The number of benzene rings is 1. The second-order valence-corrected chi connectivity index (χ2v) is 5.86. The van der Waals surface area contributed by atoms with Crippen LogP contribution in [0.2, 0.25) is 0 Å². The van der Waals surface area contributed by atoms with Crippen molar-refractivity contribution in [2.75, 3.05) is 5.32 Å². The van der Waals surface area contributed by atoms with E-state index in [2.05, 4.69) is 36.3 Å². The molecule has 0 aliphatic carbocycles. The third-order valence-corrected chi connectivity index (χ3v) is 3.60. The highest BCUT2D eigenvalue weighted by molar-refractivity contribution is 9.10. The van der Waals surface area contributed by atoms with Gasteiger partial charge in [-0.3, -0.25) is 10.1 Å². The van der Waals surface area contributed by atoms with Gasteiger partial charge in [-0.05, 0) is 43.3 Å². The van der Waals surface area contributed by atoms with Crippen molar-refractivity contribution in [1.82, 2.24) is 19.7 Å². The van der Waals surface area contributed by atoms with Crippen LogP contribution in [0.25, 0.3) is 0 Å². The van der Waals surface area contributed by atoms with Crippen LogP contribution < -0.4 is 10.1 Å². The minimum absolute atomic E-state index is 0.204. The van der Waals surface area contributed by atoms with E-state index in [0.717, 1.165) is 10.2 Å². The van der Waals surface area contributed by atoms with Crippen molar-refractivity contribution >= 4 is 27.8 Å². The summed E-state index contributed by atoms with van der Waals surface area (Å²) in [5, 5.41) is 6.79. The quantitative estimate of drug-likeness (QED) is 0.727. The van der Waals surface area contributed by atoms with Crippen LogP contribution in [-0.4, -0.2) is 25.7 Å². The average molecular weight is 388 g/mol. The van der Waals surface area contributed by atoms with Crippen LogP contribution in [0.3, 0.4) is 0 Å². The van der Waals surface area contributed by atoms with Gasteiger partial charge in [-0.1, -0.05) is 15.9 Å². The highest BCUT2D eigenvalue weighted by Crippen LogP contribution is 2.16. The lowest BCUT2D eigenvalue weighted by atomic mass is 10.3. The Balaban J connectivity index is 1.60. The summed E-state index contributed by atoms with van der Waals surface area (Å²) in [6.45, 7) is 2.03. The molecule has 0 saturated heterocycles. The number of nitrogens with one attached hydrogen (secondary N) is 1. The van der Waals surface area contributed by atoms with Gasteiger partial charge < -0.3 is 4.74 Å². The lowest BCUT2D eigenvalue weighted by Gasteiger charge is -2.06. The van der Waals surface area contributed by atoms with E-state index in [1.54, 1.807) is 24.5 Å². The number of rotatable bonds is 5. The summed E-state index contributed by atoms with van der Waals surface area (Å²) in [7, 11) is 0. The first-order valence-electron chi connectivity index (χ1n) is 7.13. The number of halogens is 1. The molecular weight excluding hydrogens is 374 g/mol. The van der Waals surface area contributed by atoms with E-state index in [9.17, 15) is 4.79 Å². The molecule has 0 unspecified atom stereocenters. The maximum absolute atomic E-state index is 12.1. The van der Waals surface area contributed by atoms with Crippen LogP contribution in [0.15, 0.2) is 53.3 Å². The summed E-state index contributed by atoms with van der Waals surface area (Å²) in [6.07, 6.45) is 3.26. The van der Waals surface area contributed by atoms with E-state index in [4.69, 9.17) is 4.74 Å². The molecule has 24 heavy (non-hydrogen) atoms. The van der Waals surface area contributed by atoms with Crippen molar-refractivity contribution in [3.63, 3.8) is 0 Å². The molecule has 2 aromatic heterocycles. The van der Waals surface area contributed by atoms with Crippen LogP contribution >= 0.6 is 15.9 Å². The largest absolute Gasteiger partial charge is 0.471 e. The summed E-state index contributed by atoms with van der Waals surface area (Å²) in [4.78, 5) is 20.2. The monoisotopic (exact) mass is 387 g/mol. The number of ether oxygens (including phenoxy) is 1. The molecule has 3 rings (SSSR count). The number of hydrogen-bond acceptors (Lipinski definition) is 5. The van der Waals surface area contributed by atoms with Gasteiger partial charge in [-0.25, -0.2) is 14.6 Å². The van der Waals surface area contributed by atoms with Gasteiger partial charge in [0.25, 0.3) is 5.91 Å². The van der Waals surface area contributed by atoms with Crippen molar-refractivity contribution in [3.05, 3.63) is 64.7 Å². The molecule has 0 bridgehead atoms. The van der Waals surface area contributed by atoms with Crippen molar-refractivity contribution in [3.8, 4) is 5.75 Å². The average Bonchev–Trinajstić information content (AvgIpc) is 3.03. The first-order valence-corrected chi connectivity index (χ1v) is 7.92. The van der Waals surface area contributed by atoms with Gasteiger partial charge in [-0.15, -0.1) is 0 Å². The molecule has 0 fully saturated rings. The Labute approximate surface area is 146 Å². The summed E-state index contributed by atoms with van der Waals surface area (Å²) < 4.78 is 8.11. The lowest BCUT2D eigenvalue weighted by Crippen LogP contribution is -2.16. The number of carbonyl (C=O) groups excluding carboxylic acids is 1. The third-order valence-electron chi connectivity index (χ3n) is 3.07. The summed E-state index contributed by atoms with van der Waals surface area (Å²) in [5.74, 6) is 0.594. The first-order chi connectivity index (χ1) is 11.6. The molecule has 0 saturated carbocycles. The molecule has 1 aromatic carbocycles. The molecule has 0 atom stereocenters. The Morgan fingerprint density at radius 2 is 2.04 bits per heavy atom. The van der Waals surface area contributed by atoms with Crippen molar-refractivity contribution in [2.24, 2.45) is 0 Å². The van der Waals surface area contributed by atoms with Crippen LogP contribution in [0, 0.1) is 6.92 Å². The van der Waals surface area contributed by atoms with E-state index < -0.39 is 0 Å². The zero-order valence-corrected chi connectivity index (χ0v) is 14.4. The van der Waals surface area contributed by atoms with Gasteiger partial charge in [0.2, 0.25) is 5.95 Å². The van der Waals surface area contributed by atoms with E-state index in [-0.39, 0.29) is 24.3 Å². The smallest absolute Gasteiger partial charge is 0.278 e. The van der Waals surface area contributed by atoms with Gasteiger partial charge in [0.05, 0.1) is 0 Å². The Morgan fingerprint density at radius 1 is 1.25 bits per heavy atom. The van der Waals surface area contributed by atoms with Gasteiger partial charge in [-0.2, -0.15) is 5.10 Å². The van der Waals surface area contributed by atoms with Crippen LogP contribution in [-0.2, 0) is 6.73 Å². The summed E-state index contributed by atoms with van der Waals surface area (Å²) in [6, 6.07) is 10.8. The molecule has 7 nitrogen and oxygen atoms in total. The standard InChI is InChI=1S/C16H14BrN5O2/c1-11-6-8-18-16(19-11)20-15(23)14-7-9-22(21-14)10-24-13-4-2-12(17)3-5-13/h2-9H,10H2,1H3,(H,18,19,20,23). The van der Waals surface area contributed by atoms with Crippen LogP contribution in [0.5, 0.6) is 5.75 Å². The minimum atomic E-state index is -0.372. The second kappa shape index (κ2) is 7.22. The fraction of sp³-hybridized carbons (Fsp3) is 0.125. The third kappa shape index (κ3) is 4.17. The Kier molecular flexibility index (Phi) is 4.85. The molecule has 122 valence electrons. The highest BCUT2D eigenvalue weighted by Gasteiger charge is 2.11. The van der Waals surface area contributed by atoms with Crippen molar-refractivity contribution < 1.29 is 9.53 Å². The number of aryl methyl sites for hydroxylation is 1. The van der Waals surface area contributed by atoms with Crippen LogP contribution in [0.1, 0.15) is 16.2 Å². The van der Waals surface area contributed by atoms with E-state index in [1.807, 2.05) is 31.2 Å². The molecule has 1 N–H and O–H groups in total. The van der Waals surface area contributed by atoms with Gasteiger partial charge in [0, 0.05) is 22.6 Å². The summed E-state index contributed by atoms with van der Waals surface area (Å²) in [5.41, 5.74) is 1.04. The number of carbonyl (C=O) groups is 1. The first kappa shape index (κ1) is 16.1. The number of hydrogen-bond donors (Lipinski definition) is 1. The molecule has 0 aliphatic rings. The molecule has 1 amide bonds. The van der Waals surface area contributed by atoms with Crippen molar-refractivity contribution in [2.45, 2.75) is 13.7 Å². The topological polar surface area (TPSA) is 81.9 Å².